The van der Waals surface area contributed by atoms with Gasteiger partial charge in [0.15, 0.2) is 5.82 Å². The van der Waals surface area contributed by atoms with Crippen molar-refractivity contribution in [3.05, 3.63) is 65.5 Å². The average Bonchev–Trinajstić information content (AvgIpc) is 3.16. The minimum atomic E-state index is 0.725. The van der Waals surface area contributed by atoms with Gasteiger partial charge in [0.25, 0.3) is 0 Å². The van der Waals surface area contributed by atoms with Crippen molar-refractivity contribution in [1.29, 1.82) is 0 Å². The molecule has 4 aromatic rings. The maximum Gasteiger partial charge on any atom is 0.172 e. The first kappa shape index (κ1) is 15.6. The number of aromatic nitrogens is 2. The number of nitrogens with one attached hydrogen (secondary N) is 1. The smallest absolute Gasteiger partial charge is 0.172 e. The van der Waals surface area contributed by atoms with E-state index in [4.69, 9.17) is 14.7 Å². The van der Waals surface area contributed by atoms with Crippen LogP contribution in [0.25, 0.3) is 21.6 Å². The fourth-order valence-corrected chi connectivity index (χ4v) is 3.39. The van der Waals surface area contributed by atoms with Crippen LogP contribution < -0.4 is 10.1 Å². The molecule has 0 radical (unpaired) electrons. The van der Waals surface area contributed by atoms with E-state index in [1.54, 1.807) is 18.4 Å². The van der Waals surface area contributed by atoms with E-state index >= 15 is 0 Å². The van der Waals surface area contributed by atoms with E-state index < -0.39 is 0 Å². The molecular formula is C20H17N3OS. The van der Waals surface area contributed by atoms with Gasteiger partial charge >= 0.3 is 0 Å². The summed E-state index contributed by atoms with van der Waals surface area (Å²) in [5.41, 5.74) is 2.96. The van der Waals surface area contributed by atoms with Gasteiger partial charge in [-0.15, -0.1) is 11.3 Å². The van der Waals surface area contributed by atoms with Gasteiger partial charge in [0, 0.05) is 5.39 Å². The Morgan fingerprint density at radius 1 is 1.00 bits per heavy atom. The van der Waals surface area contributed by atoms with Crippen LogP contribution in [-0.4, -0.2) is 17.1 Å². The molecule has 0 fully saturated rings. The second kappa shape index (κ2) is 6.53. The predicted octanol–water partition coefficient (Wildman–Crippen LogP) is 5.42. The van der Waals surface area contributed by atoms with Gasteiger partial charge in [0.2, 0.25) is 0 Å². The van der Waals surface area contributed by atoms with Gasteiger partial charge in [-0.05, 0) is 48.2 Å². The number of nitrogens with zero attached hydrogens (tertiary/aromatic N) is 2. The molecule has 0 aliphatic rings. The monoisotopic (exact) mass is 347 g/mol. The minimum Gasteiger partial charge on any atom is -0.495 e. The molecule has 2 aromatic carbocycles. The first-order valence-corrected chi connectivity index (χ1v) is 8.85. The van der Waals surface area contributed by atoms with Crippen LogP contribution in [0.1, 0.15) is 5.56 Å². The third-order valence-electron chi connectivity index (χ3n) is 3.95. The van der Waals surface area contributed by atoms with E-state index in [9.17, 15) is 0 Å². The molecule has 0 spiro atoms. The molecular weight excluding hydrogens is 330 g/mol. The molecule has 5 heteroatoms. The molecule has 0 bridgehead atoms. The second-order valence-corrected chi connectivity index (χ2v) is 6.67. The summed E-state index contributed by atoms with van der Waals surface area (Å²) in [6.07, 6.45) is 0. The molecule has 2 heterocycles. The minimum absolute atomic E-state index is 0.725. The highest BCUT2D eigenvalue weighted by Gasteiger charge is 2.12. The molecule has 0 atom stereocenters. The number of anilines is 2. The van der Waals surface area contributed by atoms with Gasteiger partial charge in [-0.3, -0.25) is 0 Å². The Kier molecular flexibility index (Phi) is 4.07. The number of rotatable bonds is 4. The van der Waals surface area contributed by atoms with Crippen molar-refractivity contribution in [3.63, 3.8) is 0 Å². The maximum atomic E-state index is 5.48. The SMILES string of the molecule is COc1ccc(C)cc1Nc1nc(-c2cccs2)nc2ccccc12. The van der Waals surface area contributed by atoms with Crippen molar-refractivity contribution in [3.8, 4) is 16.5 Å². The Balaban J connectivity index is 1.87. The van der Waals surface area contributed by atoms with Crippen LogP contribution >= 0.6 is 11.3 Å². The summed E-state index contributed by atoms with van der Waals surface area (Å²) < 4.78 is 5.48. The zero-order valence-corrected chi connectivity index (χ0v) is 14.8. The molecule has 0 saturated heterocycles. The van der Waals surface area contributed by atoms with Crippen molar-refractivity contribution in [2.24, 2.45) is 0 Å². The number of benzene rings is 2. The maximum absolute atomic E-state index is 5.48. The summed E-state index contributed by atoms with van der Waals surface area (Å²) in [5.74, 6) is 2.28. The second-order valence-electron chi connectivity index (χ2n) is 5.72. The van der Waals surface area contributed by atoms with Gasteiger partial charge in [-0.25, -0.2) is 9.97 Å². The van der Waals surface area contributed by atoms with Crippen molar-refractivity contribution >= 4 is 33.7 Å². The molecule has 4 nitrogen and oxygen atoms in total. The first-order chi connectivity index (χ1) is 12.2. The fraction of sp³-hybridized carbons (Fsp3) is 0.100. The molecule has 2 aromatic heterocycles. The zero-order chi connectivity index (χ0) is 17.2. The number of methoxy groups -OCH3 is 1. The highest BCUT2D eigenvalue weighted by molar-refractivity contribution is 7.13. The molecule has 25 heavy (non-hydrogen) atoms. The molecule has 4 rings (SSSR count). The van der Waals surface area contributed by atoms with Crippen LogP contribution in [0, 0.1) is 6.92 Å². The van der Waals surface area contributed by atoms with E-state index in [-0.39, 0.29) is 0 Å². The summed E-state index contributed by atoms with van der Waals surface area (Å²) in [7, 11) is 1.67. The Labute approximate surface area is 150 Å². The third-order valence-corrected chi connectivity index (χ3v) is 4.82. The van der Waals surface area contributed by atoms with Crippen molar-refractivity contribution in [2.75, 3.05) is 12.4 Å². The van der Waals surface area contributed by atoms with Crippen LogP contribution in [0.15, 0.2) is 60.0 Å². The van der Waals surface area contributed by atoms with Crippen LogP contribution in [0.2, 0.25) is 0 Å². The number of para-hydroxylation sites is 1. The number of fused-ring (bicyclic) bond motifs is 1. The van der Waals surface area contributed by atoms with E-state index in [0.29, 0.717) is 0 Å². The summed E-state index contributed by atoms with van der Waals surface area (Å²) in [6, 6.07) is 18.1. The highest BCUT2D eigenvalue weighted by atomic mass is 32.1. The molecule has 124 valence electrons. The summed E-state index contributed by atoms with van der Waals surface area (Å²) >= 11 is 1.63. The first-order valence-electron chi connectivity index (χ1n) is 7.97. The number of aryl methyl sites for hydroxylation is 1. The molecule has 0 aliphatic carbocycles. The predicted molar refractivity (Wildman–Crippen MR) is 104 cm³/mol. The number of hydrogen-bond acceptors (Lipinski definition) is 5. The molecule has 0 unspecified atom stereocenters. The van der Waals surface area contributed by atoms with E-state index in [1.807, 2.05) is 53.9 Å². The zero-order valence-electron chi connectivity index (χ0n) is 14.0. The van der Waals surface area contributed by atoms with Gasteiger partial charge in [-0.2, -0.15) is 0 Å². The van der Waals surface area contributed by atoms with E-state index in [0.717, 1.165) is 44.4 Å². The number of thiophene rings is 1. The summed E-state index contributed by atoms with van der Waals surface area (Å²) in [5, 5.41) is 6.45. The number of hydrogen-bond donors (Lipinski definition) is 1. The normalized spacial score (nSPS) is 10.8. The van der Waals surface area contributed by atoms with Crippen molar-refractivity contribution in [2.45, 2.75) is 6.92 Å². The third kappa shape index (κ3) is 3.06. The molecule has 0 amide bonds. The topological polar surface area (TPSA) is 47.0 Å². The Morgan fingerprint density at radius 3 is 2.68 bits per heavy atom. The average molecular weight is 347 g/mol. The quantitative estimate of drug-likeness (QED) is 0.535. The molecule has 0 saturated carbocycles. The van der Waals surface area contributed by atoms with Crippen molar-refractivity contribution in [1.82, 2.24) is 9.97 Å². The number of ether oxygens (including phenoxy) is 1. The fourth-order valence-electron chi connectivity index (χ4n) is 2.73. The van der Waals surface area contributed by atoms with E-state index in [1.165, 1.54) is 0 Å². The highest BCUT2D eigenvalue weighted by Crippen LogP contribution is 2.32. The lowest BCUT2D eigenvalue weighted by Crippen LogP contribution is -2.00. The van der Waals surface area contributed by atoms with Gasteiger partial charge < -0.3 is 10.1 Å². The van der Waals surface area contributed by atoms with E-state index in [2.05, 4.69) is 18.3 Å². The summed E-state index contributed by atoms with van der Waals surface area (Å²) in [4.78, 5) is 10.5. The molecule has 1 N–H and O–H groups in total. The standard InChI is InChI=1S/C20H17N3OS/c1-13-9-10-17(24-2)16(12-13)22-19-14-6-3-4-7-15(14)21-20(23-19)18-8-5-11-25-18/h3-12H,1-2H3,(H,21,22,23). The lowest BCUT2D eigenvalue weighted by molar-refractivity contribution is 0.416. The Morgan fingerprint density at radius 2 is 1.88 bits per heavy atom. The van der Waals surface area contributed by atoms with Crippen molar-refractivity contribution < 1.29 is 4.74 Å². The van der Waals surface area contributed by atoms with Crippen LogP contribution in [-0.2, 0) is 0 Å². The summed E-state index contributed by atoms with van der Waals surface area (Å²) in [6.45, 7) is 2.06. The van der Waals surface area contributed by atoms with Gasteiger partial charge in [-0.1, -0.05) is 24.3 Å². The lowest BCUT2D eigenvalue weighted by Gasteiger charge is -2.14. The largest absolute Gasteiger partial charge is 0.495 e. The van der Waals surface area contributed by atoms with Crippen LogP contribution in [0.5, 0.6) is 5.75 Å². The Hall–Kier alpha value is -2.92. The Bertz CT molecular complexity index is 1030. The molecule has 0 aliphatic heterocycles. The van der Waals surface area contributed by atoms with Gasteiger partial charge in [0.1, 0.15) is 11.6 Å². The van der Waals surface area contributed by atoms with Gasteiger partial charge in [0.05, 0.1) is 23.2 Å². The van der Waals surface area contributed by atoms with Crippen LogP contribution in [0.3, 0.4) is 0 Å². The lowest BCUT2D eigenvalue weighted by atomic mass is 10.2. The van der Waals surface area contributed by atoms with Crippen LogP contribution in [0.4, 0.5) is 11.5 Å².